The van der Waals surface area contributed by atoms with Crippen LogP contribution in [0.5, 0.6) is 0 Å². The van der Waals surface area contributed by atoms with Crippen LogP contribution in [0.3, 0.4) is 0 Å². The fraction of sp³-hybridized carbons (Fsp3) is 0.211. The van der Waals surface area contributed by atoms with Crippen molar-refractivity contribution in [2.24, 2.45) is 0 Å². The van der Waals surface area contributed by atoms with Crippen LogP contribution >= 0.6 is 11.8 Å². The van der Waals surface area contributed by atoms with Crippen LogP contribution in [0.4, 0.5) is 4.79 Å². The molecule has 0 aromatic heterocycles. The van der Waals surface area contributed by atoms with Crippen LogP contribution in [0.25, 0.3) is 0 Å². The van der Waals surface area contributed by atoms with Gasteiger partial charge in [0.25, 0.3) is 0 Å². The molecule has 0 heterocycles. The van der Waals surface area contributed by atoms with Gasteiger partial charge in [-0.3, -0.25) is 4.79 Å². The molecule has 0 radical (unpaired) electrons. The van der Waals surface area contributed by atoms with E-state index in [1.165, 1.54) is 6.92 Å². The van der Waals surface area contributed by atoms with Gasteiger partial charge in [0.1, 0.15) is 6.61 Å². The van der Waals surface area contributed by atoms with E-state index in [1.54, 1.807) is 30.3 Å². The molecule has 136 valence electrons. The Kier molecular flexibility index (Phi) is 10.2. The van der Waals surface area contributed by atoms with Crippen molar-refractivity contribution >= 4 is 28.9 Å². The molecule has 0 aliphatic heterocycles. The molecule has 8 heteroatoms. The van der Waals surface area contributed by atoms with Crippen LogP contribution in [0.15, 0.2) is 60.7 Å². The summed E-state index contributed by atoms with van der Waals surface area (Å²) in [6.07, 6.45) is -0.750. The molecule has 6 nitrogen and oxygen atoms in total. The minimum absolute atomic E-state index is 0. The number of benzene rings is 2. The first-order chi connectivity index (χ1) is 12.5. The number of aliphatic carboxylic acids is 1. The molecule has 0 spiro atoms. The summed E-state index contributed by atoms with van der Waals surface area (Å²) in [5, 5.41) is 12.1. The maximum absolute atomic E-state index is 12.2. The number of hydrogen-bond acceptors (Lipinski definition) is 6. The minimum Gasteiger partial charge on any atom is -0.549 e. The first kappa shape index (κ1) is 23.2. The molecular formula is C19H18NNaO5S. The molecular weight excluding hydrogens is 377 g/mol. The Balaban J connectivity index is 0.00000364. The van der Waals surface area contributed by atoms with E-state index in [1.807, 2.05) is 30.3 Å². The largest absolute Gasteiger partial charge is 1.00 e. The summed E-state index contributed by atoms with van der Waals surface area (Å²) < 4.78 is 5.05. The van der Waals surface area contributed by atoms with Crippen molar-refractivity contribution in [2.75, 3.05) is 0 Å². The Bertz CT molecular complexity index is 757. The van der Waals surface area contributed by atoms with Gasteiger partial charge in [-0.2, -0.15) is 0 Å². The van der Waals surface area contributed by atoms with Gasteiger partial charge in [-0.15, -0.1) is 0 Å². The van der Waals surface area contributed by atoms with Crippen LogP contribution in [0.2, 0.25) is 0 Å². The maximum atomic E-state index is 12.2. The molecule has 0 saturated carbocycles. The van der Waals surface area contributed by atoms with Crippen LogP contribution in [0, 0.1) is 0 Å². The summed E-state index contributed by atoms with van der Waals surface area (Å²) in [6.45, 7) is 1.54. The van der Waals surface area contributed by atoms with Gasteiger partial charge in [-0.1, -0.05) is 72.4 Å². The van der Waals surface area contributed by atoms with Crippen molar-refractivity contribution in [3.63, 3.8) is 0 Å². The van der Waals surface area contributed by atoms with Crippen LogP contribution in [-0.2, 0) is 20.9 Å². The van der Waals surface area contributed by atoms with Crippen molar-refractivity contribution in [3.05, 3.63) is 71.8 Å². The summed E-state index contributed by atoms with van der Waals surface area (Å²) in [7, 11) is 0. The van der Waals surface area contributed by atoms with Gasteiger partial charge in [0, 0.05) is 0 Å². The van der Waals surface area contributed by atoms with Crippen LogP contribution in [0.1, 0.15) is 23.3 Å². The Morgan fingerprint density at radius 1 is 1.04 bits per heavy atom. The zero-order valence-corrected chi connectivity index (χ0v) is 17.9. The van der Waals surface area contributed by atoms with Crippen molar-refractivity contribution in [1.29, 1.82) is 0 Å². The van der Waals surface area contributed by atoms with E-state index in [2.05, 4.69) is 5.32 Å². The van der Waals surface area contributed by atoms with E-state index in [4.69, 9.17) is 4.74 Å². The summed E-state index contributed by atoms with van der Waals surface area (Å²) in [4.78, 5) is 35.4. The van der Waals surface area contributed by atoms with E-state index in [0.717, 1.165) is 5.56 Å². The number of carboxylic acid groups (broad SMARTS) is 1. The van der Waals surface area contributed by atoms with Crippen molar-refractivity contribution in [3.8, 4) is 0 Å². The van der Waals surface area contributed by atoms with Crippen LogP contribution in [-0.4, -0.2) is 23.2 Å². The van der Waals surface area contributed by atoms with E-state index >= 15 is 0 Å². The quantitative estimate of drug-likeness (QED) is 0.608. The summed E-state index contributed by atoms with van der Waals surface area (Å²) in [5.74, 6) is -1.37. The number of thioether (sulfide) groups is 1. The minimum atomic E-state index is -1.37. The van der Waals surface area contributed by atoms with Gasteiger partial charge in [0.15, 0.2) is 0 Å². The second-order valence-corrected chi connectivity index (χ2v) is 6.58. The Morgan fingerprint density at radius 3 is 2.15 bits per heavy atom. The predicted octanol–water partition coefficient (Wildman–Crippen LogP) is -0.944. The molecule has 2 atom stereocenters. The average Bonchev–Trinajstić information content (AvgIpc) is 2.65. The second kappa shape index (κ2) is 11.8. The smallest absolute Gasteiger partial charge is 0.549 e. The normalized spacial score (nSPS) is 12.2. The molecule has 0 fully saturated rings. The van der Waals surface area contributed by atoms with Gasteiger partial charge in [-0.25, -0.2) is 4.79 Å². The van der Waals surface area contributed by atoms with Gasteiger partial charge in [-0.05, 0) is 18.1 Å². The molecule has 2 aromatic carbocycles. The fourth-order valence-corrected chi connectivity index (χ4v) is 2.98. The topological polar surface area (TPSA) is 95.5 Å². The molecule has 2 rings (SSSR count). The molecule has 1 N–H and O–H groups in total. The van der Waals surface area contributed by atoms with Gasteiger partial charge < -0.3 is 20.0 Å². The number of rotatable bonds is 7. The molecule has 0 aliphatic rings. The SMILES string of the molecule is C[C@@H](NC(=O)OCc1ccccc1)C(=O)SC(C(=O)[O-])c1ccccc1.[Na+]. The van der Waals surface area contributed by atoms with Gasteiger partial charge >= 0.3 is 35.7 Å². The van der Waals surface area contributed by atoms with Gasteiger partial charge in [0.05, 0.1) is 17.3 Å². The number of carbonyl (C=O) groups is 3. The summed E-state index contributed by atoms with van der Waals surface area (Å²) >= 11 is 0.599. The third-order valence-corrected chi connectivity index (χ3v) is 4.74. The summed E-state index contributed by atoms with van der Waals surface area (Å²) in [5.41, 5.74) is 1.27. The first-order valence-electron chi connectivity index (χ1n) is 7.91. The zero-order valence-electron chi connectivity index (χ0n) is 15.1. The molecule has 0 saturated heterocycles. The number of alkyl carbamates (subject to hydrolysis) is 1. The summed E-state index contributed by atoms with van der Waals surface area (Å²) in [6, 6.07) is 16.5. The third kappa shape index (κ3) is 7.76. The number of nitrogens with one attached hydrogen (secondary N) is 1. The molecule has 0 bridgehead atoms. The van der Waals surface area contributed by atoms with E-state index in [-0.39, 0.29) is 36.2 Å². The number of hydrogen-bond donors (Lipinski definition) is 1. The van der Waals surface area contributed by atoms with Crippen LogP contribution < -0.4 is 40.0 Å². The molecule has 0 aliphatic carbocycles. The second-order valence-electron chi connectivity index (χ2n) is 5.47. The van der Waals surface area contributed by atoms with Crippen molar-refractivity contribution in [2.45, 2.75) is 24.8 Å². The number of carboxylic acids is 1. The maximum Gasteiger partial charge on any atom is 1.00 e. The molecule has 27 heavy (non-hydrogen) atoms. The fourth-order valence-electron chi connectivity index (χ4n) is 2.10. The number of carbonyl (C=O) groups excluding carboxylic acids is 3. The molecule has 2 aromatic rings. The third-order valence-electron chi connectivity index (χ3n) is 3.45. The van der Waals surface area contributed by atoms with Crippen molar-refractivity contribution in [1.82, 2.24) is 5.32 Å². The van der Waals surface area contributed by atoms with Crippen molar-refractivity contribution < 1.29 is 53.8 Å². The first-order valence-corrected chi connectivity index (χ1v) is 8.79. The van der Waals surface area contributed by atoms with Gasteiger partial charge in [0.2, 0.25) is 5.12 Å². The molecule has 1 amide bonds. The number of ether oxygens (including phenoxy) is 1. The average molecular weight is 395 g/mol. The Labute approximate surface area is 184 Å². The predicted molar refractivity (Wildman–Crippen MR) is 96.0 cm³/mol. The zero-order chi connectivity index (χ0) is 18.9. The van der Waals surface area contributed by atoms with E-state index in [9.17, 15) is 19.5 Å². The van der Waals surface area contributed by atoms with E-state index < -0.39 is 28.5 Å². The standard InChI is InChI=1S/C19H19NO5S.Na/c1-13(20-19(24)25-12-14-8-4-2-5-9-14)18(23)26-16(17(21)22)15-10-6-3-7-11-15;/h2-11,13,16H,12H2,1H3,(H,20,24)(H,21,22);/q;+1/p-1/t13-,16?;/m1./s1. The molecule has 1 unspecified atom stereocenters. The Morgan fingerprint density at radius 2 is 1.59 bits per heavy atom. The monoisotopic (exact) mass is 395 g/mol. The Hall–Kier alpha value is -1.80. The van der Waals surface area contributed by atoms with E-state index in [0.29, 0.717) is 17.3 Å². The number of amides is 1.